The van der Waals surface area contributed by atoms with Crippen LogP contribution in [0, 0.1) is 0 Å². The summed E-state index contributed by atoms with van der Waals surface area (Å²) in [4.78, 5) is 26.2. The lowest BCUT2D eigenvalue weighted by Gasteiger charge is -2.36. The number of ether oxygens (including phenoxy) is 1. The highest BCUT2D eigenvalue weighted by molar-refractivity contribution is 5.90. The van der Waals surface area contributed by atoms with Crippen molar-refractivity contribution >= 4 is 11.8 Å². The van der Waals surface area contributed by atoms with E-state index in [9.17, 15) is 9.59 Å². The first-order valence-corrected chi connectivity index (χ1v) is 7.01. The summed E-state index contributed by atoms with van der Waals surface area (Å²) in [5, 5.41) is 6.04. The molecule has 0 aliphatic carbocycles. The molecule has 2 amide bonds. The van der Waals surface area contributed by atoms with Crippen molar-refractivity contribution in [1.82, 2.24) is 15.5 Å². The number of hydrogen-bond donors (Lipinski definition) is 2. The Morgan fingerprint density at radius 3 is 2.84 bits per heavy atom. The molecule has 0 aromatic carbocycles. The summed E-state index contributed by atoms with van der Waals surface area (Å²) in [6.07, 6.45) is 1.87. The molecule has 2 aliphatic heterocycles. The first kappa shape index (κ1) is 14.3. The van der Waals surface area contributed by atoms with Gasteiger partial charge in [-0.3, -0.25) is 9.59 Å². The number of carbonyl (C=O) groups excluding carboxylic acids is 2. The molecule has 108 valence electrons. The van der Waals surface area contributed by atoms with Crippen molar-refractivity contribution in [3.8, 4) is 0 Å². The van der Waals surface area contributed by atoms with Crippen LogP contribution in [0.5, 0.6) is 0 Å². The normalized spacial score (nSPS) is 27.6. The van der Waals surface area contributed by atoms with Gasteiger partial charge in [0.15, 0.2) is 0 Å². The minimum Gasteiger partial charge on any atom is -0.377 e. The summed E-state index contributed by atoms with van der Waals surface area (Å²) >= 11 is 0. The summed E-state index contributed by atoms with van der Waals surface area (Å²) in [6, 6.07) is -0.561. The van der Waals surface area contributed by atoms with Crippen LogP contribution in [0.4, 0.5) is 0 Å². The molecule has 0 saturated carbocycles. The SMILES string of the molecule is CC(C)NC(=O)C1COCCN1C(=O)[C@H]1CCCN1. The summed E-state index contributed by atoms with van der Waals surface area (Å²) < 4.78 is 5.35. The Kier molecular flexibility index (Phi) is 4.76. The van der Waals surface area contributed by atoms with Crippen molar-refractivity contribution < 1.29 is 14.3 Å². The smallest absolute Gasteiger partial charge is 0.245 e. The number of hydrogen-bond acceptors (Lipinski definition) is 4. The van der Waals surface area contributed by atoms with E-state index in [1.165, 1.54) is 0 Å². The van der Waals surface area contributed by atoms with Crippen molar-refractivity contribution in [3.63, 3.8) is 0 Å². The second-order valence-electron chi connectivity index (χ2n) is 5.43. The van der Waals surface area contributed by atoms with Crippen LogP contribution in [0.15, 0.2) is 0 Å². The second-order valence-corrected chi connectivity index (χ2v) is 5.43. The van der Waals surface area contributed by atoms with Gasteiger partial charge in [-0.15, -0.1) is 0 Å². The fourth-order valence-corrected chi connectivity index (χ4v) is 2.56. The Labute approximate surface area is 113 Å². The van der Waals surface area contributed by atoms with Crippen LogP contribution in [0.3, 0.4) is 0 Å². The highest BCUT2D eigenvalue weighted by Crippen LogP contribution is 2.14. The molecule has 6 heteroatoms. The van der Waals surface area contributed by atoms with Crippen LogP contribution in [0.1, 0.15) is 26.7 Å². The highest BCUT2D eigenvalue weighted by Gasteiger charge is 2.36. The highest BCUT2D eigenvalue weighted by atomic mass is 16.5. The molecule has 0 radical (unpaired) electrons. The minimum atomic E-state index is -0.494. The number of morpholine rings is 1. The molecular formula is C13H23N3O3. The zero-order valence-corrected chi connectivity index (χ0v) is 11.6. The standard InChI is InChI=1S/C13H23N3O3/c1-9(2)15-12(17)11-8-19-7-6-16(11)13(18)10-4-3-5-14-10/h9-11,14H,3-8H2,1-2H3,(H,15,17)/t10-,11?/m1/s1. The molecular weight excluding hydrogens is 246 g/mol. The van der Waals surface area contributed by atoms with Crippen LogP contribution in [0.2, 0.25) is 0 Å². The molecule has 0 aromatic heterocycles. The number of nitrogens with zero attached hydrogens (tertiary/aromatic N) is 1. The summed E-state index contributed by atoms with van der Waals surface area (Å²) in [5.74, 6) is -0.0919. The van der Waals surface area contributed by atoms with Crippen LogP contribution in [0.25, 0.3) is 0 Å². The topological polar surface area (TPSA) is 70.7 Å². The van der Waals surface area contributed by atoms with E-state index >= 15 is 0 Å². The Bertz CT molecular complexity index is 340. The lowest BCUT2D eigenvalue weighted by molar-refractivity contribution is -0.150. The van der Waals surface area contributed by atoms with Gasteiger partial charge >= 0.3 is 0 Å². The van der Waals surface area contributed by atoms with Crippen LogP contribution < -0.4 is 10.6 Å². The maximum atomic E-state index is 12.4. The third kappa shape index (κ3) is 3.45. The van der Waals surface area contributed by atoms with Crippen molar-refractivity contribution in [2.75, 3.05) is 26.3 Å². The average molecular weight is 269 g/mol. The predicted octanol–water partition coefficient (Wildman–Crippen LogP) is -0.510. The number of rotatable bonds is 3. The molecule has 2 heterocycles. The molecule has 2 aliphatic rings. The fraction of sp³-hybridized carbons (Fsp3) is 0.846. The van der Waals surface area contributed by atoms with Gasteiger partial charge < -0.3 is 20.3 Å². The monoisotopic (exact) mass is 269 g/mol. The Hall–Kier alpha value is -1.14. The van der Waals surface area contributed by atoms with Gasteiger partial charge in [-0.2, -0.15) is 0 Å². The average Bonchev–Trinajstić information content (AvgIpc) is 2.91. The quantitative estimate of drug-likeness (QED) is 0.724. The maximum Gasteiger partial charge on any atom is 0.245 e. The van der Waals surface area contributed by atoms with Gasteiger partial charge in [0, 0.05) is 12.6 Å². The predicted molar refractivity (Wildman–Crippen MR) is 70.6 cm³/mol. The third-order valence-corrected chi connectivity index (χ3v) is 3.50. The minimum absolute atomic E-state index is 0.0321. The molecule has 6 nitrogen and oxygen atoms in total. The van der Waals surface area contributed by atoms with E-state index in [2.05, 4.69) is 10.6 Å². The Morgan fingerprint density at radius 1 is 1.42 bits per heavy atom. The molecule has 0 spiro atoms. The van der Waals surface area contributed by atoms with E-state index in [-0.39, 0.29) is 30.5 Å². The van der Waals surface area contributed by atoms with Gasteiger partial charge in [0.1, 0.15) is 6.04 Å². The second kappa shape index (κ2) is 6.34. The van der Waals surface area contributed by atoms with Gasteiger partial charge in [-0.05, 0) is 33.2 Å². The molecule has 2 saturated heterocycles. The van der Waals surface area contributed by atoms with E-state index in [1.54, 1.807) is 4.90 Å². The Balaban J connectivity index is 2.02. The van der Waals surface area contributed by atoms with Gasteiger partial charge in [0.05, 0.1) is 19.3 Å². The van der Waals surface area contributed by atoms with Crippen molar-refractivity contribution in [1.29, 1.82) is 0 Å². The summed E-state index contributed by atoms with van der Waals surface area (Å²) in [7, 11) is 0. The van der Waals surface area contributed by atoms with Crippen LogP contribution >= 0.6 is 0 Å². The zero-order chi connectivity index (χ0) is 13.8. The molecule has 0 aromatic rings. The van der Waals surface area contributed by atoms with E-state index in [4.69, 9.17) is 4.74 Å². The van der Waals surface area contributed by atoms with Gasteiger partial charge in [0.2, 0.25) is 11.8 Å². The molecule has 0 bridgehead atoms. The first-order valence-electron chi connectivity index (χ1n) is 7.01. The molecule has 2 fully saturated rings. The fourth-order valence-electron chi connectivity index (χ4n) is 2.56. The van der Waals surface area contributed by atoms with Gasteiger partial charge in [-0.1, -0.05) is 0 Å². The zero-order valence-electron chi connectivity index (χ0n) is 11.6. The molecule has 2 N–H and O–H groups in total. The summed E-state index contributed by atoms with van der Waals surface area (Å²) in [6.45, 7) is 5.98. The Morgan fingerprint density at radius 2 is 2.21 bits per heavy atom. The lowest BCUT2D eigenvalue weighted by atomic mass is 10.1. The summed E-state index contributed by atoms with van der Waals surface area (Å²) in [5.41, 5.74) is 0. The van der Waals surface area contributed by atoms with E-state index in [0.717, 1.165) is 19.4 Å². The first-order chi connectivity index (χ1) is 9.09. The number of amides is 2. The van der Waals surface area contributed by atoms with E-state index in [1.807, 2.05) is 13.8 Å². The lowest BCUT2D eigenvalue weighted by Crippen LogP contribution is -2.59. The molecule has 1 unspecified atom stereocenters. The third-order valence-electron chi connectivity index (χ3n) is 3.50. The van der Waals surface area contributed by atoms with Crippen molar-refractivity contribution in [2.24, 2.45) is 0 Å². The molecule has 2 atom stereocenters. The molecule has 2 rings (SSSR count). The largest absolute Gasteiger partial charge is 0.377 e. The number of carbonyl (C=O) groups is 2. The van der Waals surface area contributed by atoms with E-state index in [0.29, 0.717) is 13.2 Å². The van der Waals surface area contributed by atoms with E-state index < -0.39 is 6.04 Å². The molecule has 19 heavy (non-hydrogen) atoms. The number of nitrogens with one attached hydrogen (secondary N) is 2. The van der Waals surface area contributed by atoms with Gasteiger partial charge in [-0.25, -0.2) is 0 Å². The maximum absolute atomic E-state index is 12.4. The van der Waals surface area contributed by atoms with Crippen LogP contribution in [-0.2, 0) is 14.3 Å². The van der Waals surface area contributed by atoms with Crippen molar-refractivity contribution in [2.45, 2.75) is 44.8 Å². The van der Waals surface area contributed by atoms with Crippen LogP contribution in [-0.4, -0.2) is 61.1 Å². The van der Waals surface area contributed by atoms with Crippen molar-refractivity contribution in [3.05, 3.63) is 0 Å². The van der Waals surface area contributed by atoms with Gasteiger partial charge in [0.25, 0.3) is 0 Å².